The molecule has 15 heavy (non-hydrogen) atoms. The quantitative estimate of drug-likeness (QED) is 0.774. The van der Waals surface area contributed by atoms with E-state index >= 15 is 0 Å². The predicted molar refractivity (Wildman–Crippen MR) is 58.6 cm³/mol. The molecule has 0 unspecified atom stereocenters. The fraction of sp³-hybridized carbons (Fsp3) is 0.273. The smallest absolute Gasteiger partial charge is 0.335 e. The van der Waals surface area contributed by atoms with Crippen molar-refractivity contribution in [2.75, 3.05) is 11.9 Å². The molecule has 1 heterocycles. The van der Waals surface area contributed by atoms with Gasteiger partial charge in [0.1, 0.15) is 5.84 Å². The number of aromatic carboxylic acids is 1. The number of anilines is 1. The highest BCUT2D eigenvalue weighted by molar-refractivity contribution is 5.97. The molecule has 0 bridgehead atoms. The molecule has 1 aromatic rings. The van der Waals surface area contributed by atoms with Gasteiger partial charge in [-0.1, -0.05) is 0 Å². The van der Waals surface area contributed by atoms with E-state index in [4.69, 9.17) is 5.11 Å². The Morgan fingerprint density at radius 2 is 2.07 bits per heavy atom. The average molecular weight is 204 g/mol. The summed E-state index contributed by atoms with van der Waals surface area (Å²) in [5.74, 6) is 0.0813. The van der Waals surface area contributed by atoms with E-state index in [0.717, 1.165) is 30.9 Å². The minimum absolute atomic E-state index is 0.300. The summed E-state index contributed by atoms with van der Waals surface area (Å²) >= 11 is 0. The number of aliphatic imine (C=N–C) groups is 1. The van der Waals surface area contributed by atoms with Crippen molar-refractivity contribution < 1.29 is 9.90 Å². The molecule has 2 rings (SSSR count). The Balaban J connectivity index is 2.06. The summed E-state index contributed by atoms with van der Waals surface area (Å²) in [6, 6.07) is 6.68. The minimum Gasteiger partial charge on any atom is -0.478 e. The molecular weight excluding hydrogens is 192 g/mol. The van der Waals surface area contributed by atoms with Crippen molar-refractivity contribution in [2.45, 2.75) is 12.8 Å². The lowest BCUT2D eigenvalue weighted by atomic mass is 10.2. The van der Waals surface area contributed by atoms with Crippen LogP contribution in [-0.2, 0) is 0 Å². The lowest BCUT2D eigenvalue weighted by molar-refractivity contribution is 0.0697. The first kappa shape index (κ1) is 9.71. The SMILES string of the molecule is O=C(O)c1ccc(NC2=NCCC2)cc1. The van der Waals surface area contributed by atoms with Crippen molar-refractivity contribution in [2.24, 2.45) is 4.99 Å². The molecule has 0 fully saturated rings. The van der Waals surface area contributed by atoms with Gasteiger partial charge >= 0.3 is 5.97 Å². The van der Waals surface area contributed by atoms with E-state index in [-0.39, 0.29) is 0 Å². The molecular formula is C11H12N2O2. The monoisotopic (exact) mass is 204 g/mol. The highest BCUT2D eigenvalue weighted by atomic mass is 16.4. The van der Waals surface area contributed by atoms with Crippen LogP contribution in [0.3, 0.4) is 0 Å². The molecule has 78 valence electrons. The maximum Gasteiger partial charge on any atom is 0.335 e. The molecule has 0 saturated carbocycles. The van der Waals surface area contributed by atoms with Crippen LogP contribution in [0.5, 0.6) is 0 Å². The molecule has 1 aliphatic heterocycles. The summed E-state index contributed by atoms with van der Waals surface area (Å²) < 4.78 is 0. The summed E-state index contributed by atoms with van der Waals surface area (Å²) in [5.41, 5.74) is 1.19. The van der Waals surface area contributed by atoms with Crippen molar-refractivity contribution in [3.05, 3.63) is 29.8 Å². The number of benzene rings is 1. The van der Waals surface area contributed by atoms with Gasteiger partial charge in [-0.2, -0.15) is 0 Å². The first-order valence-corrected chi connectivity index (χ1v) is 4.89. The number of hydrogen-bond acceptors (Lipinski definition) is 3. The molecule has 1 aliphatic rings. The van der Waals surface area contributed by atoms with Crippen molar-refractivity contribution in [1.29, 1.82) is 0 Å². The van der Waals surface area contributed by atoms with Crippen molar-refractivity contribution in [1.82, 2.24) is 0 Å². The maximum absolute atomic E-state index is 10.6. The van der Waals surface area contributed by atoms with E-state index in [1.54, 1.807) is 24.3 Å². The van der Waals surface area contributed by atoms with Gasteiger partial charge in [0.05, 0.1) is 5.56 Å². The molecule has 0 atom stereocenters. The summed E-state index contributed by atoms with van der Waals surface area (Å²) in [4.78, 5) is 14.9. The molecule has 4 heteroatoms. The molecule has 4 nitrogen and oxygen atoms in total. The normalized spacial score (nSPS) is 14.8. The minimum atomic E-state index is -0.903. The lowest BCUT2D eigenvalue weighted by Gasteiger charge is -2.05. The third-order valence-corrected chi connectivity index (χ3v) is 2.29. The second kappa shape index (κ2) is 4.13. The second-order valence-corrected chi connectivity index (χ2v) is 3.44. The summed E-state index contributed by atoms with van der Waals surface area (Å²) in [7, 11) is 0. The topological polar surface area (TPSA) is 61.7 Å². The van der Waals surface area contributed by atoms with Crippen LogP contribution in [0.25, 0.3) is 0 Å². The van der Waals surface area contributed by atoms with Gasteiger partial charge in [0.2, 0.25) is 0 Å². The Kier molecular flexibility index (Phi) is 2.67. The number of amidine groups is 1. The Hall–Kier alpha value is -1.84. The van der Waals surface area contributed by atoms with Gasteiger partial charge in [-0.15, -0.1) is 0 Å². The zero-order valence-corrected chi connectivity index (χ0v) is 8.23. The molecule has 0 radical (unpaired) electrons. The second-order valence-electron chi connectivity index (χ2n) is 3.44. The van der Waals surface area contributed by atoms with E-state index in [9.17, 15) is 4.79 Å². The Labute approximate surface area is 87.7 Å². The molecule has 0 aliphatic carbocycles. The zero-order chi connectivity index (χ0) is 10.7. The third kappa shape index (κ3) is 2.34. The Morgan fingerprint density at radius 3 is 2.60 bits per heavy atom. The lowest BCUT2D eigenvalue weighted by Crippen LogP contribution is -2.08. The van der Waals surface area contributed by atoms with Crippen LogP contribution in [-0.4, -0.2) is 23.5 Å². The van der Waals surface area contributed by atoms with Crippen LogP contribution >= 0.6 is 0 Å². The van der Waals surface area contributed by atoms with Crippen molar-refractivity contribution >= 4 is 17.5 Å². The van der Waals surface area contributed by atoms with Crippen molar-refractivity contribution in [3.8, 4) is 0 Å². The molecule has 0 saturated heterocycles. The van der Waals surface area contributed by atoms with Gasteiger partial charge < -0.3 is 10.4 Å². The number of carboxylic acid groups (broad SMARTS) is 1. The number of carbonyl (C=O) groups is 1. The van der Waals surface area contributed by atoms with E-state index in [0.29, 0.717) is 5.56 Å². The zero-order valence-electron chi connectivity index (χ0n) is 8.23. The number of nitrogens with zero attached hydrogens (tertiary/aromatic N) is 1. The summed E-state index contributed by atoms with van der Waals surface area (Å²) in [6.07, 6.45) is 2.07. The Morgan fingerprint density at radius 1 is 1.33 bits per heavy atom. The largest absolute Gasteiger partial charge is 0.478 e. The van der Waals surface area contributed by atoms with Crippen molar-refractivity contribution in [3.63, 3.8) is 0 Å². The fourth-order valence-electron chi connectivity index (χ4n) is 1.50. The van der Waals surface area contributed by atoms with Crippen LogP contribution in [0, 0.1) is 0 Å². The maximum atomic E-state index is 10.6. The Bertz CT molecular complexity index is 396. The van der Waals surface area contributed by atoms with E-state index in [1.165, 1.54) is 0 Å². The van der Waals surface area contributed by atoms with Gasteiger partial charge in [0.15, 0.2) is 0 Å². The van der Waals surface area contributed by atoms with Gasteiger partial charge in [0.25, 0.3) is 0 Å². The number of rotatable bonds is 2. The summed E-state index contributed by atoms with van der Waals surface area (Å²) in [6.45, 7) is 0.884. The first-order chi connectivity index (χ1) is 7.25. The summed E-state index contributed by atoms with van der Waals surface area (Å²) in [5, 5.41) is 11.9. The van der Waals surface area contributed by atoms with Gasteiger partial charge in [-0.05, 0) is 30.7 Å². The van der Waals surface area contributed by atoms with Crippen LogP contribution in [0.2, 0.25) is 0 Å². The van der Waals surface area contributed by atoms with Crippen LogP contribution < -0.4 is 5.32 Å². The molecule has 0 aromatic heterocycles. The van der Waals surface area contributed by atoms with Gasteiger partial charge in [-0.3, -0.25) is 4.99 Å². The van der Waals surface area contributed by atoms with E-state index in [1.807, 2.05) is 0 Å². The van der Waals surface area contributed by atoms with Crippen LogP contribution in [0.4, 0.5) is 5.69 Å². The highest BCUT2D eigenvalue weighted by Crippen LogP contribution is 2.12. The highest BCUT2D eigenvalue weighted by Gasteiger charge is 2.06. The number of carboxylic acids is 1. The number of nitrogens with one attached hydrogen (secondary N) is 1. The molecule has 0 amide bonds. The van der Waals surface area contributed by atoms with E-state index < -0.39 is 5.97 Å². The molecule has 2 N–H and O–H groups in total. The van der Waals surface area contributed by atoms with Crippen LogP contribution in [0.15, 0.2) is 29.3 Å². The fourth-order valence-corrected chi connectivity index (χ4v) is 1.50. The first-order valence-electron chi connectivity index (χ1n) is 4.89. The van der Waals surface area contributed by atoms with E-state index in [2.05, 4.69) is 10.3 Å². The molecule has 0 spiro atoms. The average Bonchev–Trinajstić information content (AvgIpc) is 2.71. The third-order valence-electron chi connectivity index (χ3n) is 2.29. The predicted octanol–water partition coefficient (Wildman–Crippen LogP) is 1.99. The standard InChI is InChI=1S/C11H12N2O2/c14-11(15)8-3-5-9(6-4-8)13-10-2-1-7-12-10/h3-6H,1-2,7H2,(H,12,13)(H,14,15). The van der Waals surface area contributed by atoms with Gasteiger partial charge in [-0.25, -0.2) is 4.79 Å². The van der Waals surface area contributed by atoms with Gasteiger partial charge in [0, 0.05) is 18.7 Å². The van der Waals surface area contributed by atoms with Crippen LogP contribution in [0.1, 0.15) is 23.2 Å². The molecule has 1 aromatic carbocycles. The number of hydrogen-bond donors (Lipinski definition) is 2.